The van der Waals surface area contributed by atoms with Gasteiger partial charge in [0.25, 0.3) is 11.5 Å². The highest BCUT2D eigenvalue weighted by atomic mass is 16.2. The minimum absolute atomic E-state index is 0.0541. The zero-order valence-corrected chi connectivity index (χ0v) is 13.5. The first-order valence-corrected chi connectivity index (χ1v) is 8.23. The molecule has 4 rings (SSSR count). The van der Waals surface area contributed by atoms with Crippen molar-refractivity contribution < 1.29 is 9.59 Å². The van der Waals surface area contributed by atoms with Crippen LogP contribution in [-0.2, 0) is 17.8 Å². The molecule has 1 fully saturated rings. The maximum atomic E-state index is 12.8. The lowest BCUT2D eigenvalue weighted by molar-refractivity contribution is -0.117. The van der Waals surface area contributed by atoms with E-state index in [0.717, 1.165) is 18.5 Å². The summed E-state index contributed by atoms with van der Waals surface area (Å²) < 4.78 is 0. The van der Waals surface area contributed by atoms with Gasteiger partial charge in [0.1, 0.15) is 5.82 Å². The molecule has 3 heterocycles. The SMILES string of the molecule is O=C(Nc1cc(C(=O)N2CCc3nc[nH]c(=O)c3C2)ccn1)C1CC1. The predicted molar refractivity (Wildman–Crippen MR) is 88.9 cm³/mol. The van der Waals surface area contributed by atoms with Gasteiger partial charge in [-0.1, -0.05) is 0 Å². The number of carbonyl (C=O) groups is 2. The Bertz CT molecular complexity index is 903. The van der Waals surface area contributed by atoms with E-state index in [4.69, 9.17) is 0 Å². The average Bonchev–Trinajstić information content (AvgIpc) is 3.47. The molecule has 1 saturated carbocycles. The Balaban J connectivity index is 1.52. The summed E-state index contributed by atoms with van der Waals surface area (Å²) in [6.07, 6.45) is 5.24. The third-order valence-electron chi connectivity index (χ3n) is 4.50. The van der Waals surface area contributed by atoms with Crippen LogP contribution in [0.1, 0.15) is 34.5 Å². The Morgan fingerprint density at radius 1 is 1.28 bits per heavy atom. The number of fused-ring (bicyclic) bond motifs is 1. The standard InChI is InChI=1S/C17H17N5O3/c23-15(10-1-2-10)21-14-7-11(3-5-18-14)17(25)22-6-4-13-12(8-22)16(24)20-9-19-13/h3,5,7,9-10H,1-2,4,6,8H2,(H,18,21,23)(H,19,20,24). The van der Waals surface area contributed by atoms with Crippen LogP contribution in [0, 0.1) is 5.92 Å². The van der Waals surface area contributed by atoms with E-state index < -0.39 is 0 Å². The van der Waals surface area contributed by atoms with E-state index >= 15 is 0 Å². The van der Waals surface area contributed by atoms with Crippen LogP contribution in [0.4, 0.5) is 5.82 Å². The molecule has 0 radical (unpaired) electrons. The highest BCUT2D eigenvalue weighted by Gasteiger charge is 2.30. The molecule has 25 heavy (non-hydrogen) atoms. The maximum Gasteiger partial charge on any atom is 0.255 e. The van der Waals surface area contributed by atoms with E-state index in [1.807, 2.05) is 0 Å². The summed E-state index contributed by atoms with van der Waals surface area (Å²) in [6, 6.07) is 3.18. The number of aromatic amines is 1. The summed E-state index contributed by atoms with van der Waals surface area (Å²) in [6.45, 7) is 0.720. The lowest BCUT2D eigenvalue weighted by Crippen LogP contribution is -2.39. The maximum absolute atomic E-state index is 12.8. The van der Waals surface area contributed by atoms with Gasteiger partial charge in [0.05, 0.1) is 24.1 Å². The molecule has 2 amide bonds. The van der Waals surface area contributed by atoms with Gasteiger partial charge in [0, 0.05) is 30.6 Å². The molecule has 8 nitrogen and oxygen atoms in total. The fourth-order valence-electron chi connectivity index (χ4n) is 2.92. The zero-order valence-electron chi connectivity index (χ0n) is 13.5. The Hall–Kier alpha value is -3.03. The van der Waals surface area contributed by atoms with Crippen LogP contribution < -0.4 is 10.9 Å². The van der Waals surface area contributed by atoms with Gasteiger partial charge in [-0.05, 0) is 25.0 Å². The molecule has 1 aliphatic carbocycles. The van der Waals surface area contributed by atoms with Crippen molar-refractivity contribution >= 4 is 17.6 Å². The Kier molecular flexibility index (Phi) is 3.79. The molecule has 2 aliphatic rings. The van der Waals surface area contributed by atoms with Crippen LogP contribution in [0.25, 0.3) is 0 Å². The van der Waals surface area contributed by atoms with E-state index in [1.165, 1.54) is 12.5 Å². The zero-order chi connectivity index (χ0) is 17.4. The second kappa shape index (κ2) is 6.12. The van der Waals surface area contributed by atoms with Gasteiger partial charge in [-0.15, -0.1) is 0 Å². The summed E-state index contributed by atoms with van der Waals surface area (Å²) in [5, 5.41) is 2.74. The normalized spacial score (nSPS) is 16.2. The number of amides is 2. The van der Waals surface area contributed by atoms with Crippen molar-refractivity contribution in [2.24, 2.45) is 5.92 Å². The molecule has 2 N–H and O–H groups in total. The molecule has 0 unspecified atom stereocenters. The summed E-state index contributed by atoms with van der Waals surface area (Å²) in [5.41, 5.74) is 1.48. The van der Waals surface area contributed by atoms with Crippen molar-refractivity contribution in [3.05, 3.63) is 51.8 Å². The molecule has 2 aromatic heterocycles. The predicted octanol–water partition coefficient (Wildman–Crippen LogP) is 0.712. The quantitative estimate of drug-likeness (QED) is 0.856. The molecular weight excluding hydrogens is 322 g/mol. The number of nitrogens with one attached hydrogen (secondary N) is 2. The molecule has 2 aromatic rings. The topological polar surface area (TPSA) is 108 Å². The summed E-state index contributed by atoms with van der Waals surface area (Å²) >= 11 is 0. The van der Waals surface area contributed by atoms with E-state index in [1.54, 1.807) is 17.0 Å². The fraction of sp³-hybridized carbons (Fsp3) is 0.353. The van der Waals surface area contributed by atoms with Crippen LogP contribution in [0.15, 0.2) is 29.5 Å². The fourth-order valence-corrected chi connectivity index (χ4v) is 2.92. The van der Waals surface area contributed by atoms with Crippen molar-refractivity contribution in [3.63, 3.8) is 0 Å². The second-order valence-electron chi connectivity index (χ2n) is 6.33. The van der Waals surface area contributed by atoms with E-state index in [0.29, 0.717) is 29.9 Å². The van der Waals surface area contributed by atoms with Crippen LogP contribution in [0.5, 0.6) is 0 Å². The number of H-pyrrole nitrogens is 1. The number of carbonyl (C=O) groups excluding carboxylic acids is 2. The Morgan fingerprint density at radius 3 is 2.92 bits per heavy atom. The monoisotopic (exact) mass is 339 g/mol. The van der Waals surface area contributed by atoms with E-state index in [-0.39, 0.29) is 29.8 Å². The number of aromatic nitrogens is 3. The van der Waals surface area contributed by atoms with Gasteiger partial charge in [-0.2, -0.15) is 0 Å². The number of pyridine rings is 1. The first-order chi connectivity index (χ1) is 12.1. The van der Waals surface area contributed by atoms with Crippen LogP contribution in [-0.4, -0.2) is 38.2 Å². The van der Waals surface area contributed by atoms with E-state index in [9.17, 15) is 14.4 Å². The lowest BCUT2D eigenvalue weighted by Gasteiger charge is -2.27. The first kappa shape index (κ1) is 15.5. The van der Waals surface area contributed by atoms with Crippen LogP contribution >= 0.6 is 0 Å². The molecule has 0 spiro atoms. The number of anilines is 1. The Labute approximate surface area is 143 Å². The number of hydrogen-bond acceptors (Lipinski definition) is 5. The molecule has 0 saturated heterocycles. The smallest absolute Gasteiger partial charge is 0.255 e. The van der Waals surface area contributed by atoms with Crippen molar-refractivity contribution in [3.8, 4) is 0 Å². The minimum Gasteiger partial charge on any atom is -0.334 e. The molecule has 128 valence electrons. The number of rotatable bonds is 3. The number of hydrogen-bond donors (Lipinski definition) is 2. The van der Waals surface area contributed by atoms with Gasteiger partial charge in [-0.25, -0.2) is 9.97 Å². The van der Waals surface area contributed by atoms with Gasteiger partial charge < -0.3 is 15.2 Å². The lowest BCUT2D eigenvalue weighted by atomic mass is 10.1. The van der Waals surface area contributed by atoms with Crippen molar-refractivity contribution in [2.75, 3.05) is 11.9 Å². The summed E-state index contributed by atoms with van der Waals surface area (Å²) in [5.74, 6) is 0.193. The molecule has 1 aliphatic heterocycles. The second-order valence-corrected chi connectivity index (χ2v) is 6.33. The Morgan fingerprint density at radius 2 is 2.12 bits per heavy atom. The molecular formula is C17H17N5O3. The molecule has 8 heteroatoms. The molecule has 0 bridgehead atoms. The van der Waals surface area contributed by atoms with Crippen LogP contribution in [0.3, 0.4) is 0 Å². The summed E-state index contributed by atoms with van der Waals surface area (Å²) in [4.78, 5) is 48.9. The third-order valence-corrected chi connectivity index (χ3v) is 4.50. The number of nitrogens with zero attached hydrogens (tertiary/aromatic N) is 3. The first-order valence-electron chi connectivity index (χ1n) is 8.23. The highest BCUT2D eigenvalue weighted by Crippen LogP contribution is 2.30. The van der Waals surface area contributed by atoms with Crippen molar-refractivity contribution in [1.82, 2.24) is 19.9 Å². The third kappa shape index (κ3) is 3.15. The van der Waals surface area contributed by atoms with Crippen LogP contribution in [0.2, 0.25) is 0 Å². The summed E-state index contributed by atoms with van der Waals surface area (Å²) in [7, 11) is 0. The highest BCUT2D eigenvalue weighted by molar-refractivity contribution is 5.97. The van der Waals surface area contributed by atoms with E-state index in [2.05, 4.69) is 20.3 Å². The van der Waals surface area contributed by atoms with Gasteiger partial charge >= 0.3 is 0 Å². The molecule has 0 atom stereocenters. The minimum atomic E-state index is -0.213. The average molecular weight is 339 g/mol. The van der Waals surface area contributed by atoms with Gasteiger partial charge in [0.15, 0.2) is 0 Å². The van der Waals surface area contributed by atoms with Crippen molar-refractivity contribution in [2.45, 2.75) is 25.8 Å². The van der Waals surface area contributed by atoms with Gasteiger partial charge in [-0.3, -0.25) is 14.4 Å². The molecule has 0 aromatic carbocycles. The largest absolute Gasteiger partial charge is 0.334 e. The van der Waals surface area contributed by atoms with Crippen molar-refractivity contribution in [1.29, 1.82) is 0 Å². The van der Waals surface area contributed by atoms with Gasteiger partial charge in [0.2, 0.25) is 5.91 Å².